The Morgan fingerprint density at radius 3 is 0.704 bits per heavy atom. The molecule has 0 aliphatic heterocycles. The van der Waals surface area contributed by atoms with Gasteiger partial charge in [0.15, 0.2) is 0 Å². The van der Waals surface area contributed by atoms with E-state index in [1.807, 2.05) is 0 Å². The number of rotatable bonds is 6. The van der Waals surface area contributed by atoms with Gasteiger partial charge in [-0.3, -0.25) is 0 Å². The quantitative estimate of drug-likeness (QED) is 0.222. The molecule has 0 aliphatic carbocycles. The summed E-state index contributed by atoms with van der Waals surface area (Å²) >= 11 is -0.994. The van der Waals surface area contributed by atoms with Crippen LogP contribution in [0, 0.1) is 0 Å². The van der Waals surface area contributed by atoms with Gasteiger partial charge in [0, 0.05) is 22.6 Å². The third-order valence-corrected chi connectivity index (χ3v) is 3.36. The number of hydrogen-bond acceptors (Lipinski definition) is 1. The Morgan fingerprint density at radius 2 is 0.519 bits per heavy atom. The van der Waals surface area contributed by atoms with Crippen molar-refractivity contribution < 1.29 is 74.6 Å². The van der Waals surface area contributed by atoms with Crippen molar-refractivity contribution in [1.82, 2.24) is 6.15 Å². The number of hydrogen-bond donors (Lipinski definition) is 1. The van der Waals surface area contributed by atoms with Crippen molar-refractivity contribution in [3.05, 3.63) is 0 Å². The highest BCUT2D eigenvalue weighted by molar-refractivity contribution is 14.1. The third kappa shape index (κ3) is 3.61. The smallest absolute Gasteiger partial charge is 0.344 e. The monoisotopic (exact) mass is 563 g/mol. The zero-order valence-corrected chi connectivity index (χ0v) is 13.7. The summed E-state index contributed by atoms with van der Waals surface area (Å²) in [6, 6.07) is 0. The van der Waals surface area contributed by atoms with E-state index in [2.05, 4.69) is 0 Å². The SMILES string of the molecule is FC(F)(F)C(F)(F)C(F)(F)C(F)(F)C(F)(F)C(F)(F)C(F)(F)C(F)(F)I.N. The molecule has 0 amide bonds. The van der Waals surface area contributed by atoms with Crippen LogP contribution in [0.2, 0.25) is 0 Å². The van der Waals surface area contributed by atoms with Crippen molar-refractivity contribution in [3.8, 4) is 0 Å². The number of alkyl halides is 18. The van der Waals surface area contributed by atoms with Gasteiger partial charge in [-0.25, -0.2) is 0 Å². The zero-order chi connectivity index (χ0) is 22.0. The molecule has 27 heavy (non-hydrogen) atoms. The van der Waals surface area contributed by atoms with Gasteiger partial charge in [0.25, 0.3) is 0 Å². The molecule has 0 spiro atoms. The fraction of sp³-hybridized carbons (Fsp3) is 1.00. The molecule has 0 rings (SSSR count). The average Bonchev–Trinajstić information content (AvgIpc) is 2.34. The van der Waals surface area contributed by atoms with Gasteiger partial charge >= 0.3 is 45.6 Å². The molecule has 166 valence electrons. The summed E-state index contributed by atoms with van der Waals surface area (Å²) in [5, 5.41) is 0. The van der Waals surface area contributed by atoms with Gasteiger partial charge in [-0.1, -0.05) is 0 Å². The Kier molecular flexibility index (Phi) is 7.21. The van der Waals surface area contributed by atoms with Crippen LogP contribution in [0.4, 0.5) is 74.6 Å². The molecule has 0 saturated carbocycles. The van der Waals surface area contributed by atoms with Gasteiger partial charge in [-0.2, -0.15) is 74.6 Å². The first-order valence-corrected chi connectivity index (χ1v) is 6.23. The number of halogens is 18. The van der Waals surface area contributed by atoms with Gasteiger partial charge in [-0.15, -0.1) is 0 Å². The van der Waals surface area contributed by atoms with Gasteiger partial charge in [0.1, 0.15) is 0 Å². The molecular formula is C8H3F17IN. The molecule has 0 bridgehead atoms. The first-order valence-electron chi connectivity index (χ1n) is 5.15. The highest BCUT2D eigenvalue weighted by Crippen LogP contribution is 2.64. The first-order chi connectivity index (χ1) is 10.8. The van der Waals surface area contributed by atoms with Crippen LogP contribution in [0.25, 0.3) is 0 Å². The van der Waals surface area contributed by atoms with Gasteiger partial charge in [0.2, 0.25) is 0 Å². The lowest BCUT2D eigenvalue weighted by molar-refractivity contribution is -0.457. The molecule has 0 saturated heterocycles. The van der Waals surface area contributed by atoms with Crippen LogP contribution in [0.3, 0.4) is 0 Å². The largest absolute Gasteiger partial charge is 0.460 e. The molecule has 0 unspecified atom stereocenters. The molecule has 0 aromatic carbocycles. The van der Waals surface area contributed by atoms with Crippen molar-refractivity contribution in [1.29, 1.82) is 0 Å². The minimum Gasteiger partial charge on any atom is -0.344 e. The fourth-order valence-corrected chi connectivity index (χ4v) is 1.48. The molecule has 0 heterocycles. The molecule has 0 fully saturated rings. The van der Waals surface area contributed by atoms with E-state index in [1.54, 1.807) is 0 Å². The van der Waals surface area contributed by atoms with E-state index in [-0.39, 0.29) is 6.15 Å². The molecule has 19 heteroatoms. The topological polar surface area (TPSA) is 35.0 Å². The van der Waals surface area contributed by atoms with E-state index in [0.29, 0.717) is 0 Å². The third-order valence-electron chi connectivity index (χ3n) is 2.68. The van der Waals surface area contributed by atoms with Crippen LogP contribution < -0.4 is 6.15 Å². The maximum absolute atomic E-state index is 12.9. The lowest BCUT2D eigenvalue weighted by Crippen LogP contribution is -2.74. The normalized spacial score (nSPS) is 16.2. The zero-order valence-electron chi connectivity index (χ0n) is 11.5. The highest BCUT2D eigenvalue weighted by Gasteiger charge is 2.95. The van der Waals surface area contributed by atoms with Crippen LogP contribution in [-0.2, 0) is 0 Å². The second kappa shape index (κ2) is 6.78. The molecule has 0 aromatic rings. The fourth-order valence-electron chi connectivity index (χ4n) is 1.14. The Morgan fingerprint density at radius 1 is 0.333 bits per heavy atom. The second-order valence-electron chi connectivity index (χ2n) is 4.44. The van der Waals surface area contributed by atoms with Crippen molar-refractivity contribution in [3.63, 3.8) is 0 Å². The van der Waals surface area contributed by atoms with Gasteiger partial charge in [0.05, 0.1) is 0 Å². The summed E-state index contributed by atoms with van der Waals surface area (Å²) < 4.78 is 206. The van der Waals surface area contributed by atoms with E-state index >= 15 is 0 Å². The highest BCUT2D eigenvalue weighted by atomic mass is 127. The first kappa shape index (κ1) is 28.7. The summed E-state index contributed by atoms with van der Waals surface area (Å²) in [6.07, 6.45) is -7.74. The molecule has 0 radical (unpaired) electrons. The minimum absolute atomic E-state index is 0. The van der Waals surface area contributed by atoms with Crippen molar-refractivity contribution >= 4 is 22.6 Å². The molecule has 0 aromatic heterocycles. The molecule has 3 N–H and O–H groups in total. The summed E-state index contributed by atoms with van der Waals surface area (Å²) in [6.45, 7) is 0. The summed E-state index contributed by atoms with van der Waals surface area (Å²) in [5.41, 5.74) is 0. The van der Waals surface area contributed by atoms with Crippen LogP contribution in [0.15, 0.2) is 0 Å². The summed E-state index contributed by atoms with van der Waals surface area (Å²) in [5.74, 6) is -49.4. The molecular weight excluding hydrogens is 560 g/mol. The Hall–Kier alpha value is -0.500. The Balaban J connectivity index is 0. The second-order valence-corrected chi connectivity index (χ2v) is 5.80. The average molecular weight is 563 g/mol. The van der Waals surface area contributed by atoms with E-state index in [9.17, 15) is 74.6 Å². The van der Waals surface area contributed by atoms with Crippen molar-refractivity contribution in [2.45, 2.75) is 45.6 Å². The van der Waals surface area contributed by atoms with E-state index in [4.69, 9.17) is 0 Å². The van der Waals surface area contributed by atoms with E-state index in [1.165, 1.54) is 0 Å². The Labute approximate surface area is 150 Å². The predicted octanol–water partition coefficient (Wildman–Crippen LogP) is 6.55. The van der Waals surface area contributed by atoms with Gasteiger partial charge in [-0.05, 0) is 0 Å². The van der Waals surface area contributed by atoms with Crippen LogP contribution in [0.5, 0.6) is 0 Å². The van der Waals surface area contributed by atoms with Crippen LogP contribution >= 0.6 is 22.6 Å². The lowest BCUT2D eigenvalue weighted by atomic mass is 9.91. The maximum Gasteiger partial charge on any atom is 0.460 e. The van der Waals surface area contributed by atoms with Crippen molar-refractivity contribution in [2.24, 2.45) is 0 Å². The van der Waals surface area contributed by atoms with E-state index < -0.39 is 68.2 Å². The van der Waals surface area contributed by atoms with Crippen LogP contribution in [0.1, 0.15) is 0 Å². The molecule has 0 atom stereocenters. The molecule has 1 nitrogen and oxygen atoms in total. The summed E-state index contributed by atoms with van der Waals surface area (Å²) in [4.78, 5) is 0. The summed E-state index contributed by atoms with van der Waals surface area (Å²) in [7, 11) is 0. The van der Waals surface area contributed by atoms with Crippen LogP contribution in [-0.4, -0.2) is 45.6 Å². The predicted molar refractivity (Wildman–Crippen MR) is 59.7 cm³/mol. The van der Waals surface area contributed by atoms with Gasteiger partial charge < -0.3 is 6.15 Å². The van der Waals surface area contributed by atoms with Crippen molar-refractivity contribution in [2.75, 3.05) is 0 Å². The maximum atomic E-state index is 12.9. The minimum atomic E-state index is -8.56. The Bertz CT molecular complexity index is 480. The lowest BCUT2D eigenvalue weighted by Gasteiger charge is -2.42. The van der Waals surface area contributed by atoms with E-state index in [0.717, 1.165) is 0 Å². The standard InChI is InChI=1S/C8F17I.H3N/c9-1(10,3(13,14)5(17,18)7(21,22)23)2(11,12)4(15,16)6(19,20)8(24,25)26;/h;1H3. The molecule has 0 aliphatic rings.